The second-order valence-electron chi connectivity index (χ2n) is 3.62. The van der Waals surface area contributed by atoms with E-state index in [9.17, 15) is 4.79 Å². The lowest BCUT2D eigenvalue weighted by Gasteiger charge is -1.96. The molecule has 1 rings (SSSR count). The van der Waals surface area contributed by atoms with Gasteiger partial charge in [0.25, 0.3) is 0 Å². The molecule has 0 unspecified atom stereocenters. The van der Waals surface area contributed by atoms with Crippen LogP contribution in [-0.4, -0.2) is 6.29 Å². The molecule has 0 amide bonds. The third kappa shape index (κ3) is 0.887. The smallest absolute Gasteiger partial charge is 0.120 e. The number of carbonyl (C=O) groups is 1. The van der Waals surface area contributed by atoms with Crippen LogP contribution in [0.5, 0.6) is 0 Å². The molecule has 1 aliphatic rings. The molecule has 1 nitrogen and oxygen atoms in total. The van der Waals surface area contributed by atoms with Crippen molar-refractivity contribution >= 4 is 6.29 Å². The van der Waals surface area contributed by atoms with E-state index in [-0.39, 0.29) is 0 Å². The van der Waals surface area contributed by atoms with Gasteiger partial charge in [0.2, 0.25) is 0 Å². The van der Waals surface area contributed by atoms with Crippen molar-refractivity contribution in [3.05, 3.63) is 0 Å². The maximum absolute atomic E-state index is 10.1. The number of carbonyl (C=O) groups excluding carboxylic acids is 1. The van der Waals surface area contributed by atoms with Crippen LogP contribution in [0.1, 0.15) is 27.2 Å². The van der Waals surface area contributed by atoms with Gasteiger partial charge in [0.15, 0.2) is 0 Å². The Kier molecular flexibility index (Phi) is 1.38. The zero-order chi connectivity index (χ0) is 7.07. The maximum atomic E-state index is 10.1. The molecule has 0 aromatic rings. The largest absolute Gasteiger partial charge is 0.303 e. The molecule has 0 saturated heterocycles. The molecule has 1 aliphatic carbocycles. The highest BCUT2D eigenvalue weighted by atomic mass is 16.1. The zero-order valence-electron chi connectivity index (χ0n) is 6.35. The fourth-order valence-electron chi connectivity index (χ4n) is 1.63. The van der Waals surface area contributed by atoms with E-state index in [4.69, 9.17) is 0 Å². The topological polar surface area (TPSA) is 17.1 Å². The third-order valence-electron chi connectivity index (χ3n) is 2.97. The monoisotopic (exact) mass is 126 g/mol. The Bertz CT molecular complexity index is 127. The summed E-state index contributed by atoms with van der Waals surface area (Å²) in [6.45, 7) is 6.67. The molecular formula is C8H14O. The van der Waals surface area contributed by atoms with Gasteiger partial charge in [-0.2, -0.15) is 0 Å². The van der Waals surface area contributed by atoms with Crippen molar-refractivity contribution in [2.45, 2.75) is 27.2 Å². The average molecular weight is 126 g/mol. The highest BCUT2D eigenvalue weighted by Crippen LogP contribution is 2.59. The molecule has 0 aliphatic heterocycles. The fraction of sp³-hybridized carbons (Fsp3) is 0.875. The first kappa shape index (κ1) is 6.79. The normalized spacial score (nSPS) is 38.1. The summed E-state index contributed by atoms with van der Waals surface area (Å²) in [6.07, 6.45) is 1.80. The van der Waals surface area contributed by atoms with Crippen LogP contribution >= 0.6 is 0 Å². The van der Waals surface area contributed by atoms with Gasteiger partial charge < -0.3 is 4.79 Å². The molecule has 2 atom stereocenters. The van der Waals surface area contributed by atoms with Crippen LogP contribution in [0.3, 0.4) is 0 Å². The summed E-state index contributed by atoms with van der Waals surface area (Å²) >= 11 is 0. The number of hydrogen-bond acceptors (Lipinski definition) is 1. The van der Waals surface area contributed by atoms with Crippen LogP contribution in [0.4, 0.5) is 0 Å². The molecule has 0 radical (unpaired) electrons. The summed E-state index contributed by atoms with van der Waals surface area (Å²) in [4.78, 5) is 10.1. The zero-order valence-corrected chi connectivity index (χ0v) is 6.35. The molecule has 0 bridgehead atoms. The molecule has 1 fully saturated rings. The van der Waals surface area contributed by atoms with Crippen LogP contribution in [0.2, 0.25) is 0 Å². The minimum atomic E-state index is 0.445. The molecule has 0 spiro atoms. The van der Waals surface area contributed by atoms with Crippen LogP contribution in [0.25, 0.3) is 0 Å². The van der Waals surface area contributed by atoms with E-state index < -0.39 is 0 Å². The van der Waals surface area contributed by atoms with E-state index in [2.05, 4.69) is 20.8 Å². The summed E-state index contributed by atoms with van der Waals surface area (Å²) in [7, 11) is 0. The van der Waals surface area contributed by atoms with Gasteiger partial charge in [-0.25, -0.2) is 0 Å². The summed E-state index contributed by atoms with van der Waals surface area (Å²) in [5.41, 5.74) is 0.445. The molecule has 1 saturated carbocycles. The molecular weight excluding hydrogens is 112 g/mol. The summed E-state index contributed by atoms with van der Waals surface area (Å²) < 4.78 is 0. The SMILES string of the molecule is C[C@H]1[C@@H](CC=O)C1(C)C. The quantitative estimate of drug-likeness (QED) is 0.516. The summed E-state index contributed by atoms with van der Waals surface area (Å²) in [6, 6.07) is 0. The van der Waals surface area contributed by atoms with Crippen LogP contribution < -0.4 is 0 Å². The molecule has 1 heteroatoms. The molecule has 0 aromatic carbocycles. The van der Waals surface area contributed by atoms with E-state index in [0.29, 0.717) is 11.3 Å². The first-order chi connectivity index (χ1) is 4.10. The van der Waals surface area contributed by atoms with Crippen molar-refractivity contribution in [3.8, 4) is 0 Å². The highest BCUT2D eigenvalue weighted by molar-refractivity contribution is 5.51. The van der Waals surface area contributed by atoms with Crippen molar-refractivity contribution in [1.82, 2.24) is 0 Å². The third-order valence-corrected chi connectivity index (χ3v) is 2.97. The molecule has 0 N–H and O–H groups in total. The van der Waals surface area contributed by atoms with Gasteiger partial charge >= 0.3 is 0 Å². The lowest BCUT2D eigenvalue weighted by molar-refractivity contribution is -0.108. The molecule has 52 valence electrons. The predicted molar refractivity (Wildman–Crippen MR) is 37.1 cm³/mol. The highest BCUT2D eigenvalue weighted by Gasteiger charge is 2.53. The van der Waals surface area contributed by atoms with Crippen LogP contribution in [0, 0.1) is 17.3 Å². The van der Waals surface area contributed by atoms with Gasteiger partial charge in [0.1, 0.15) is 6.29 Å². The standard InChI is InChI=1S/C8H14O/c1-6-7(4-5-9)8(6,2)3/h5-7H,4H2,1-3H3/t6-,7+/m0/s1. The minimum Gasteiger partial charge on any atom is -0.303 e. The Labute approximate surface area is 56.4 Å². The minimum absolute atomic E-state index is 0.445. The van der Waals surface area contributed by atoms with E-state index in [1.807, 2.05) is 0 Å². The Morgan fingerprint density at radius 3 is 2.11 bits per heavy atom. The van der Waals surface area contributed by atoms with Gasteiger partial charge in [0, 0.05) is 6.42 Å². The Morgan fingerprint density at radius 1 is 1.56 bits per heavy atom. The first-order valence-corrected chi connectivity index (χ1v) is 3.54. The number of aldehydes is 1. The van der Waals surface area contributed by atoms with Crippen molar-refractivity contribution < 1.29 is 4.79 Å². The number of rotatable bonds is 2. The Morgan fingerprint density at radius 2 is 2.00 bits per heavy atom. The lowest BCUT2D eigenvalue weighted by atomic mass is 10.1. The van der Waals surface area contributed by atoms with Crippen molar-refractivity contribution in [2.75, 3.05) is 0 Å². The second-order valence-corrected chi connectivity index (χ2v) is 3.62. The van der Waals surface area contributed by atoms with Gasteiger partial charge in [-0.15, -0.1) is 0 Å². The predicted octanol–water partition coefficient (Wildman–Crippen LogP) is 1.87. The fourth-order valence-corrected chi connectivity index (χ4v) is 1.63. The Balaban J connectivity index is 2.42. The van der Waals surface area contributed by atoms with E-state index >= 15 is 0 Å². The Hall–Kier alpha value is -0.330. The van der Waals surface area contributed by atoms with Crippen LogP contribution in [0.15, 0.2) is 0 Å². The maximum Gasteiger partial charge on any atom is 0.120 e. The molecule has 0 heterocycles. The first-order valence-electron chi connectivity index (χ1n) is 3.54. The van der Waals surface area contributed by atoms with Gasteiger partial charge in [0.05, 0.1) is 0 Å². The van der Waals surface area contributed by atoms with Crippen molar-refractivity contribution in [1.29, 1.82) is 0 Å². The average Bonchev–Trinajstić information content (AvgIpc) is 2.19. The molecule has 0 aromatic heterocycles. The van der Waals surface area contributed by atoms with Crippen molar-refractivity contribution in [2.24, 2.45) is 17.3 Å². The molecule has 9 heavy (non-hydrogen) atoms. The lowest BCUT2D eigenvalue weighted by Crippen LogP contribution is -1.89. The van der Waals surface area contributed by atoms with Crippen molar-refractivity contribution in [3.63, 3.8) is 0 Å². The van der Waals surface area contributed by atoms with E-state index in [1.165, 1.54) is 0 Å². The van der Waals surface area contributed by atoms with Crippen LogP contribution in [-0.2, 0) is 4.79 Å². The summed E-state index contributed by atoms with van der Waals surface area (Å²) in [5.74, 6) is 1.41. The van der Waals surface area contributed by atoms with E-state index in [1.54, 1.807) is 0 Å². The number of hydrogen-bond donors (Lipinski definition) is 0. The van der Waals surface area contributed by atoms with Gasteiger partial charge in [-0.05, 0) is 17.3 Å². The summed E-state index contributed by atoms with van der Waals surface area (Å²) in [5, 5.41) is 0. The van der Waals surface area contributed by atoms with Gasteiger partial charge in [-0.3, -0.25) is 0 Å². The van der Waals surface area contributed by atoms with Gasteiger partial charge in [-0.1, -0.05) is 20.8 Å². The van der Waals surface area contributed by atoms with E-state index in [0.717, 1.165) is 18.6 Å². The second kappa shape index (κ2) is 1.83.